The standard InChI is InChI=1S/C13H22N4O/c1-3-7-14-10(5-1)9-12-16-13(18-17-12)11-6-2-4-8-15-11/h10-11,14-15H,1-9H2. The van der Waals surface area contributed by atoms with Crippen molar-refractivity contribution in [2.45, 2.75) is 57.0 Å². The number of hydrogen-bond acceptors (Lipinski definition) is 5. The van der Waals surface area contributed by atoms with Crippen molar-refractivity contribution in [3.8, 4) is 0 Å². The number of aromatic nitrogens is 2. The van der Waals surface area contributed by atoms with Gasteiger partial charge in [-0.15, -0.1) is 0 Å². The van der Waals surface area contributed by atoms with Gasteiger partial charge in [0.1, 0.15) is 0 Å². The van der Waals surface area contributed by atoms with Crippen LogP contribution in [0, 0.1) is 0 Å². The minimum Gasteiger partial charge on any atom is -0.338 e. The Kier molecular flexibility index (Phi) is 3.90. The first-order chi connectivity index (χ1) is 8.92. The maximum atomic E-state index is 5.39. The van der Waals surface area contributed by atoms with E-state index in [1.165, 1.54) is 32.1 Å². The van der Waals surface area contributed by atoms with Gasteiger partial charge in [-0.1, -0.05) is 18.0 Å². The minimum absolute atomic E-state index is 0.277. The Balaban J connectivity index is 1.58. The molecule has 0 amide bonds. The molecule has 0 bridgehead atoms. The van der Waals surface area contributed by atoms with Crippen LogP contribution in [0.3, 0.4) is 0 Å². The lowest BCUT2D eigenvalue weighted by molar-refractivity contribution is 0.295. The molecule has 2 aliphatic rings. The van der Waals surface area contributed by atoms with Crippen molar-refractivity contribution in [2.24, 2.45) is 0 Å². The molecule has 3 rings (SSSR count). The molecule has 0 radical (unpaired) electrons. The summed E-state index contributed by atoms with van der Waals surface area (Å²) in [5, 5.41) is 11.1. The summed E-state index contributed by atoms with van der Waals surface area (Å²) in [6, 6.07) is 0.808. The number of nitrogens with one attached hydrogen (secondary N) is 2. The van der Waals surface area contributed by atoms with Crippen LogP contribution >= 0.6 is 0 Å². The van der Waals surface area contributed by atoms with Crippen LogP contribution in [0.1, 0.15) is 56.3 Å². The van der Waals surface area contributed by atoms with Crippen molar-refractivity contribution < 1.29 is 4.52 Å². The largest absolute Gasteiger partial charge is 0.338 e. The molecule has 2 saturated heterocycles. The molecular formula is C13H22N4O. The van der Waals surface area contributed by atoms with Crippen LogP contribution in [-0.4, -0.2) is 29.3 Å². The molecule has 0 spiro atoms. The molecular weight excluding hydrogens is 228 g/mol. The van der Waals surface area contributed by atoms with Crippen molar-refractivity contribution in [2.75, 3.05) is 13.1 Å². The predicted molar refractivity (Wildman–Crippen MR) is 68.2 cm³/mol. The zero-order chi connectivity index (χ0) is 12.2. The molecule has 5 heteroatoms. The average molecular weight is 250 g/mol. The maximum Gasteiger partial charge on any atom is 0.243 e. The van der Waals surface area contributed by atoms with Gasteiger partial charge in [0.15, 0.2) is 5.82 Å². The van der Waals surface area contributed by atoms with E-state index in [1.54, 1.807) is 0 Å². The van der Waals surface area contributed by atoms with E-state index in [0.29, 0.717) is 6.04 Å². The normalized spacial score (nSPS) is 29.3. The summed E-state index contributed by atoms with van der Waals surface area (Å²) in [5.74, 6) is 1.64. The van der Waals surface area contributed by atoms with Gasteiger partial charge >= 0.3 is 0 Å². The third kappa shape index (κ3) is 2.90. The molecule has 0 aliphatic carbocycles. The van der Waals surface area contributed by atoms with E-state index >= 15 is 0 Å². The zero-order valence-electron chi connectivity index (χ0n) is 10.8. The van der Waals surface area contributed by atoms with Crippen LogP contribution in [0.2, 0.25) is 0 Å². The fraction of sp³-hybridized carbons (Fsp3) is 0.846. The zero-order valence-corrected chi connectivity index (χ0v) is 10.8. The molecule has 2 atom stereocenters. The van der Waals surface area contributed by atoms with Gasteiger partial charge in [0.05, 0.1) is 6.04 Å². The van der Waals surface area contributed by atoms with Gasteiger partial charge < -0.3 is 15.2 Å². The van der Waals surface area contributed by atoms with Gasteiger partial charge in [-0.05, 0) is 38.8 Å². The Morgan fingerprint density at radius 2 is 1.89 bits per heavy atom. The van der Waals surface area contributed by atoms with Crippen LogP contribution in [-0.2, 0) is 6.42 Å². The highest BCUT2D eigenvalue weighted by molar-refractivity contribution is 4.96. The Hall–Kier alpha value is -0.940. The van der Waals surface area contributed by atoms with Gasteiger partial charge in [-0.3, -0.25) is 0 Å². The summed E-state index contributed by atoms with van der Waals surface area (Å²) in [5.41, 5.74) is 0. The highest BCUT2D eigenvalue weighted by Gasteiger charge is 2.22. The summed E-state index contributed by atoms with van der Waals surface area (Å²) in [7, 11) is 0. The fourth-order valence-corrected chi connectivity index (χ4v) is 2.87. The van der Waals surface area contributed by atoms with Crippen LogP contribution in [0.25, 0.3) is 0 Å². The Bertz CT molecular complexity index is 367. The summed E-state index contributed by atoms with van der Waals surface area (Å²) in [6.45, 7) is 2.19. The molecule has 1 aromatic rings. The van der Waals surface area contributed by atoms with E-state index < -0.39 is 0 Å². The molecule has 2 unspecified atom stereocenters. The molecule has 2 aliphatic heterocycles. The molecule has 2 fully saturated rings. The van der Waals surface area contributed by atoms with Gasteiger partial charge in [0.2, 0.25) is 5.89 Å². The Morgan fingerprint density at radius 3 is 2.61 bits per heavy atom. The quantitative estimate of drug-likeness (QED) is 0.852. The lowest BCUT2D eigenvalue weighted by atomic mass is 10.0. The monoisotopic (exact) mass is 250 g/mol. The smallest absolute Gasteiger partial charge is 0.243 e. The van der Waals surface area contributed by atoms with Gasteiger partial charge in [0.25, 0.3) is 0 Å². The number of rotatable bonds is 3. The van der Waals surface area contributed by atoms with Crippen molar-refractivity contribution >= 4 is 0 Å². The maximum absolute atomic E-state index is 5.39. The van der Waals surface area contributed by atoms with E-state index in [9.17, 15) is 0 Å². The molecule has 100 valence electrons. The summed E-state index contributed by atoms with van der Waals surface area (Å²) in [6.07, 6.45) is 8.35. The van der Waals surface area contributed by atoms with Gasteiger partial charge in [0, 0.05) is 12.5 Å². The van der Waals surface area contributed by atoms with Gasteiger partial charge in [-0.2, -0.15) is 4.98 Å². The van der Waals surface area contributed by atoms with Crippen LogP contribution in [0.15, 0.2) is 4.52 Å². The topological polar surface area (TPSA) is 63.0 Å². The van der Waals surface area contributed by atoms with Crippen LogP contribution < -0.4 is 10.6 Å². The van der Waals surface area contributed by atoms with E-state index in [4.69, 9.17) is 4.52 Å². The van der Waals surface area contributed by atoms with E-state index in [1.807, 2.05) is 0 Å². The van der Waals surface area contributed by atoms with Crippen LogP contribution in [0.5, 0.6) is 0 Å². The molecule has 1 aromatic heterocycles. The highest BCUT2D eigenvalue weighted by Crippen LogP contribution is 2.21. The van der Waals surface area contributed by atoms with Crippen molar-refractivity contribution in [3.05, 3.63) is 11.7 Å². The van der Waals surface area contributed by atoms with Crippen molar-refractivity contribution in [1.29, 1.82) is 0 Å². The van der Waals surface area contributed by atoms with Gasteiger partial charge in [-0.25, -0.2) is 0 Å². The third-order valence-electron chi connectivity index (χ3n) is 3.93. The third-order valence-corrected chi connectivity index (χ3v) is 3.93. The fourth-order valence-electron chi connectivity index (χ4n) is 2.87. The number of nitrogens with zero attached hydrogens (tertiary/aromatic N) is 2. The first kappa shape index (κ1) is 12.1. The van der Waals surface area contributed by atoms with Crippen molar-refractivity contribution in [3.63, 3.8) is 0 Å². The van der Waals surface area contributed by atoms with E-state index in [0.717, 1.165) is 37.6 Å². The average Bonchev–Trinajstić information content (AvgIpc) is 2.89. The minimum atomic E-state index is 0.277. The lowest BCUT2D eigenvalue weighted by Crippen LogP contribution is -2.35. The second kappa shape index (κ2) is 5.80. The highest BCUT2D eigenvalue weighted by atomic mass is 16.5. The van der Waals surface area contributed by atoms with Crippen LogP contribution in [0.4, 0.5) is 0 Å². The first-order valence-corrected chi connectivity index (χ1v) is 7.21. The summed E-state index contributed by atoms with van der Waals surface area (Å²) >= 11 is 0. The second-order valence-electron chi connectivity index (χ2n) is 5.40. The van der Waals surface area contributed by atoms with Crippen molar-refractivity contribution in [1.82, 2.24) is 20.8 Å². The summed E-state index contributed by atoms with van der Waals surface area (Å²) < 4.78 is 5.39. The first-order valence-electron chi connectivity index (χ1n) is 7.21. The Labute approximate surface area is 108 Å². The molecule has 3 heterocycles. The molecule has 18 heavy (non-hydrogen) atoms. The SMILES string of the molecule is C1CCC(Cc2noc(C3CCCCN3)n2)NC1. The number of hydrogen-bond donors (Lipinski definition) is 2. The number of piperidine rings is 2. The molecule has 2 N–H and O–H groups in total. The Morgan fingerprint density at radius 1 is 1.06 bits per heavy atom. The molecule has 5 nitrogen and oxygen atoms in total. The molecule has 0 aromatic carbocycles. The molecule has 0 saturated carbocycles. The lowest BCUT2D eigenvalue weighted by Gasteiger charge is -2.21. The van der Waals surface area contributed by atoms with E-state index in [2.05, 4.69) is 20.8 Å². The summed E-state index contributed by atoms with van der Waals surface area (Å²) in [4.78, 5) is 4.55. The van der Waals surface area contributed by atoms with E-state index in [-0.39, 0.29) is 6.04 Å². The second-order valence-corrected chi connectivity index (χ2v) is 5.40. The predicted octanol–water partition coefficient (Wildman–Crippen LogP) is 1.57.